The van der Waals surface area contributed by atoms with Crippen LogP contribution in [0.25, 0.3) is 10.8 Å². The van der Waals surface area contributed by atoms with Gasteiger partial charge in [0.15, 0.2) is 0 Å². The molecule has 1 aliphatic heterocycles. The smallest absolute Gasteiger partial charge is 0.255 e. The van der Waals surface area contributed by atoms with Crippen molar-refractivity contribution in [2.24, 2.45) is 0 Å². The second kappa shape index (κ2) is 9.30. The summed E-state index contributed by atoms with van der Waals surface area (Å²) in [6.45, 7) is 0.526. The van der Waals surface area contributed by atoms with Crippen LogP contribution in [0.4, 0.5) is 5.69 Å². The summed E-state index contributed by atoms with van der Waals surface area (Å²) in [6, 6.07) is 29.0. The first-order valence-electron chi connectivity index (χ1n) is 10.6. The van der Waals surface area contributed by atoms with Gasteiger partial charge in [0.1, 0.15) is 5.37 Å². The number of rotatable bonds is 5. The molecule has 2 amide bonds. The van der Waals surface area contributed by atoms with E-state index in [9.17, 15) is 9.59 Å². The summed E-state index contributed by atoms with van der Waals surface area (Å²) < 4.78 is 0. The molecular weight excluding hydrogens is 452 g/mol. The first-order chi connectivity index (χ1) is 16.1. The highest BCUT2D eigenvalue weighted by molar-refractivity contribution is 8.00. The number of thioether (sulfide) groups is 1. The van der Waals surface area contributed by atoms with Gasteiger partial charge in [-0.05, 0) is 58.3 Å². The highest BCUT2D eigenvalue weighted by Crippen LogP contribution is 2.39. The summed E-state index contributed by atoms with van der Waals surface area (Å²) >= 11 is 7.58. The molecule has 0 unspecified atom stereocenters. The molecule has 0 radical (unpaired) electrons. The number of carbonyl (C=O) groups is 2. The summed E-state index contributed by atoms with van der Waals surface area (Å²) in [6.07, 6.45) is 0. The molecule has 1 N–H and O–H groups in total. The highest BCUT2D eigenvalue weighted by atomic mass is 35.5. The van der Waals surface area contributed by atoms with Gasteiger partial charge in [0.25, 0.3) is 5.91 Å². The van der Waals surface area contributed by atoms with Gasteiger partial charge in [0.2, 0.25) is 5.91 Å². The number of fused-ring (bicyclic) bond motifs is 1. The second-order valence-electron chi connectivity index (χ2n) is 7.95. The number of carbonyl (C=O) groups excluding carboxylic acids is 2. The summed E-state index contributed by atoms with van der Waals surface area (Å²) in [5.74, 6) is 0.394. The van der Waals surface area contributed by atoms with Crippen molar-refractivity contribution in [3.63, 3.8) is 0 Å². The Balaban J connectivity index is 1.30. The normalized spacial score (nSPS) is 15.7. The molecule has 0 aromatic heterocycles. The summed E-state index contributed by atoms with van der Waals surface area (Å²) in [4.78, 5) is 27.2. The molecule has 33 heavy (non-hydrogen) atoms. The Morgan fingerprint density at radius 3 is 2.42 bits per heavy atom. The molecular formula is C27H21ClN2O2S. The van der Waals surface area contributed by atoms with Crippen LogP contribution in [0.5, 0.6) is 0 Å². The van der Waals surface area contributed by atoms with Crippen LogP contribution in [0.2, 0.25) is 5.02 Å². The van der Waals surface area contributed by atoms with Crippen molar-refractivity contribution in [2.75, 3.05) is 11.1 Å². The largest absolute Gasteiger partial charge is 0.322 e. The quantitative estimate of drug-likeness (QED) is 0.359. The molecule has 5 rings (SSSR count). The average molecular weight is 473 g/mol. The molecule has 1 aliphatic rings. The van der Waals surface area contributed by atoms with Crippen molar-refractivity contribution in [3.05, 3.63) is 113 Å². The van der Waals surface area contributed by atoms with E-state index < -0.39 is 0 Å². The van der Waals surface area contributed by atoms with E-state index in [0.717, 1.165) is 27.6 Å². The fourth-order valence-electron chi connectivity index (χ4n) is 3.96. The molecule has 1 atom stereocenters. The highest BCUT2D eigenvalue weighted by Gasteiger charge is 2.32. The van der Waals surface area contributed by atoms with Crippen LogP contribution in [0, 0.1) is 0 Å². The third-order valence-corrected chi connectivity index (χ3v) is 7.21. The molecule has 0 saturated carbocycles. The van der Waals surface area contributed by atoms with Gasteiger partial charge in [0.05, 0.1) is 5.75 Å². The molecule has 4 aromatic carbocycles. The Kier molecular flexibility index (Phi) is 6.07. The van der Waals surface area contributed by atoms with Gasteiger partial charge in [-0.15, -0.1) is 11.8 Å². The number of nitrogens with one attached hydrogen (secondary N) is 1. The van der Waals surface area contributed by atoms with Crippen molar-refractivity contribution in [3.8, 4) is 0 Å². The van der Waals surface area contributed by atoms with Gasteiger partial charge < -0.3 is 10.2 Å². The fourth-order valence-corrected chi connectivity index (χ4v) is 5.27. The zero-order valence-corrected chi connectivity index (χ0v) is 19.3. The Labute approximate surface area is 201 Å². The van der Waals surface area contributed by atoms with Crippen LogP contribution in [-0.2, 0) is 11.3 Å². The van der Waals surface area contributed by atoms with Crippen LogP contribution in [-0.4, -0.2) is 22.5 Å². The Bertz CT molecular complexity index is 1320. The van der Waals surface area contributed by atoms with E-state index in [1.807, 2.05) is 95.9 Å². The maximum absolute atomic E-state index is 12.8. The van der Waals surface area contributed by atoms with E-state index >= 15 is 0 Å². The third kappa shape index (κ3) is 4.75. The fraction of sp³-hybridized carbons (Fsp3) is 0.111. The van der Waals surface area contributed by atoms with Crippen molar-refractivity contribution in [1.29, 1.82) is 0 Å². The summed E-state index contributed by atoms with van der Waals surface area (Å²) in [5.41, 5.74) is 3.37. The van der Waals surface area contributed by atoms with E-state index in [1.165, 1.54) is 0 Å². The van der Waals surface area contributed by atoms with Crippen LogP contribution in [0.3, 0.4) is 0 Å². The van der Waals surface area contributed by atoms with Gasteiger partial charge in [-0.1, -0.05) is 66.2 Å². The zero-order valence-electron chi connectivity index (χ0n) is 17.7. The first-order valence-corrected chi connectivity index (χ1v) is 12.1. The SMILES string of the molecule is O=C(Nc1ccc2ccccc2c1)c1ccc([C@H]2SCC(=O)N2Cc2ccc(Cl)cc2)cc1. The minimum absolute atomic E-state index is 0.0780. The lowest BCUT2D eigenvalue weighted by Gasteiger charge is -2.24. The molecule has 164 valence electrons. The Morgan fingerprint density at radius 1 is 0.939 bits per heavy atom. The molecule has 1 saturated heterocycles. The van der Waals surface area contributed by atoms with Crippen molar-refractivity contribution in [1.82, 2.24) is 4.90 Å². The van der Waals surface area contributed by atoms with Crippen molar-refractivity contribution < 1.29 is 9.59 Å². The number of halogens is 1. The minimum Gasteiger partial charge on any atom is -0.322 e. The standard InChI is InChI=1S/C27H21ClN2O2S/c28-23-12-5-18(6-13-23)16-30-25(31)17-33-27(30)21-9-7-20(8-10-21)26(32)29-24-14-11-19-3-1-2-4-22(19)15-24/h1-15,27H,16-17H2,(H,29,32)/t27-/m1/s1. The molecule has 4 nitrogen and oxygen atoms in total. The lowest BCUT2D eigenvalue weighted by Crippen LogP contribution is -2.27. The van der Waals surface area contributed by atoms with Crippen molar-refractivity contribution in [2.45, 2.75) is 11.9 Å². The molecule has 6 heteroatoms. The average Bonchev–Trinajstić information content (AvgIpc) is 3.20. The van der Waals surface area contributed by atoms with Crippen LogP contribution >= 0.6 is 23.4 Å². The molecule has 1 heterocycles. The Morgan fingerprint density at radius 2 is 1.67 bits per heavy atom. The molecule has 0 bridgehead atoms. The molecule has 0 spiro atoms. The van der Waals surface area contributed by atoms with E-state index in [1.54, 1.807) is 11.8 Å². The van der Waals surface area contributed by atoms with Crippen LogP contribution < -0.4 is 5.32 Å². The molecule has 1 fully saturated rings. The van der Waals surface area contributed by atoms with E-state index in [0.29, 0.717) is 22.9 Å². The van der Waals surface area contributed by atoms with E-state index in [-0.39, 0.29) is 17.2 Å². The van der Waals surface area contributed by atoms with Gasteiger partial charge in [0, 0.05) is 22.8 Å². The zero-order chi connectivity index (χ0) is 22.8. The molecule has 0 aliphatic carbocycles. The maximum Gasteiger partial charge on any atom is 0.255 e. The Hall–Kier alpha value is -3.28. The van der Waals surface area contributed by atoms with Gasteiger partial charge in [-0.3, -0.25) is 9.59 Å². The van der Waals surface area contributed by atoms with E-state index in [4.69, 9.17) is 11.6 Å². The lowest BCUT2D eigenvalue weighted by atomic mass is 10.1. The monoisotopic (exact) mass is 472 g/mol. The number of anilines is 1. The van der Waals surface area contributed by atoms with Crippen LogP contribution in [0.1, 0.15) is 26.9 Å². The summed E-state index contributed by atoms with van der Waals surface area (Å²) in [5, 5.41) is 5.78. The second-order valence-corrected chi connectivity index (χ2v) is 9.45. The van der Waals surface area contributed by atoms with Gasteiger partial charge in [-0.2, -0.15) is 0 Å². The molecule has 4 aromatic rings. The number of hydrogen-bond acceptors (Lipinski definition) is 3. The van der Waals surface area contributed by atoms with Gasteiger partial charge in [-0.25, -0.2) is 0 Å². The van der Waals surface area contributed by atoms with Gasteiger partial charge >= 0.3 is 0 Å². The van der Waals surface area contributed by atoms with E-state index in [2.05, 4.69) is 5.32 Å². The predicted molar refractivity (Wildman–Crippen MR) is 136 cm³/mol. The predicted octanol–water partition coefficient (Wildman–Crippen LogP) is 6.52. The topological polar surface area (TPSA) is 49.4 Å². The maximum atomic E-state index is 12.8. The first kappa shape index (κ1) is 21.6. The number of benzene rings is 4. The number of hydrogen-bond donors (Lipinski definition) is 1. The van der Waals surface area contributed by atoms with Crippen LogP contribution in [0.15, 0.2) is 91.0 Å². The number of amides is 2. The lowest BCUT2D eigenvalue weighted by molar-refractivity contribution is -0.128. The van der Waals surface area contributed by atoms with Crippen molar-refractivity contribution >= 4 is 51.6 Å². The summed E-state index contributed by atoms with van der Waals surface area (Å²) in [7, 11) is 0. The minimum atomic E-state index is -0.162. The number of nitrogens with zero attached hydrogens (tertiary/aromatic N) is 1. The third-order valence-electron chi connectivity index (χ3n) is 5.70.